The van der Waals surface area contributed by atoms with Crippen molar-refractivity contribution in [3.63, 3.8) is 0 Å². The summed E-state index contributed by atoms with van der Waals surface area (Å²) in [5.74, 6) is -0.532. The molecule has 0 aromatic carbocycles. The number of fused-ring (bicyclic) bond motifs is 2. The van der Waals surface area contributed by atoms with Crippen molar-refractivity contribution in [3.05, 3.63) is 38.7 Å². The Bertz CT molecular complexity index is 1100. The normalized spacial score (nSPS) is 13.7. The third-order valence-corrected chi connectivity index (χ3v) is 7.38. The van der Waals surface area contributed by atoms with Crippen LogP contribution in [0, 0.1) is 0 Å². The van der Waals surface area contributed by atoms with Crippen molar-refractivity contribution in [2.75, 3.05) is 11.1 Å². The molecule has 0 spiro atoms. The number of nitrogens with two attached hydrogens (primary N) is 2. The molecule has 1 aliphatic carbocycles. The van der Waals surface area contributed by atoms with E-state index in [-0.39, 0.29) is 5.91 Å². The molecule has 28 heavy (non-hydrogen) atoms. The van der Waals surface area contributed by atoms with Crippen LogP contribution < -0.4 is 16.8 Å². The molecular formula is C20H22N4O2S2. The third kappa shape index (κ3) is 3.16. The van der Waals surface area contributed by atoms with Gasteiger partial charge in [0.05, 0.1) is 11.3 Å². The van der Waals surface area contributed by atoms with Crippen molar-refractivity contribution in [3.8, 4) is 0 Å². The van der Waals surface area contributed by atoms with Crippen LogP contribution in [0.25, 0.3) is 10.2 Å². The van der Waals surface area contributed by atoms with Crippen LogP contribution in [0.1, 0.15) is 68.8 Å². The summed E-state index contributed by atoms with van der Waals surface area (Å²) in [5, 5.41) is 4.19. The topological polar surface area (TPSA) is 111 Å². The van der Waals surface area contributed by atoms with Gasteiger partial charge in [0.2, 0.25) is 0 Å². The summed E-state index contributed by atoms with van der Waals surface area (Å²) in [7, 11) is 0. The fourth-order valence-corrected chi connectivity index (χ4v) is 5.86. The minimum absolute atomic E-state index is 0.292. The van der Waals surface area contributed by atoms with E-state index in [4.69, 9.17) is 11.5 Å². The number of pyridine rings is 1. The van der Waals surface area contributed by atoms with Gasteiger partial charge >= 0.3 is 0 Å². The van der Waals surface area contributed by atoms with Gasteiger partial charge in [-0.25, -0.2) is 4.98 Å². The first-order valence-corrected chi connectivity index (χ1v) is 10.9. The Morgan fingerprint density at radius 3 is 2.64 bits per heavy atom. The maximum atomic E-state index is 13.0. The predicted octanol–water partition coefficient (Wildman–Crippen LogP) is 4.29. The average Bonchev–Trinajstić information content (AvgIpc) is 3.18. The Labute approximate surface area is 171 Å². The molecule has 0 fully saturated rings. The predicted molar refractivity (Wildman–Crippen MR) is 116 cm³/mol. The van der Waals surface area contributed by atoms with Crippen molar-refractivity contribution >= 4 is 55.4 Å². The molecule has 0 bridgehead atoms. The zero-order valence-electron chi connectivity index (χ0n) is 15.8. The van der Waals surface area contributed by atoms with E-state index in [9.17, 15) is 9.59 Å². The Morgan fingerprint density at radius 2 is 1.93 bits per heavy atom. The fourth-order valence-electron chi connectivity index (χ4n) is 3.58. The van der Waals surface area contributed by atoms with Crippen molar-refractivity contribution < 1.29 is 9.59 Å². The Kier molecular flexibility index (Phi) is 4.84. The number of rotatable bonds is 4. The average molecular weight is 415 g/mol. The highest BCUT2D eigenvalue weighted by atomic mass is 32.1. The molecule has 146 valence electrons. The lowest BCUT2D eigenvalue weighted by molar-refractivity contribution is 0.100. The van der Waals surface area contributed by atoms with Gasteiger partial charge in [-0.3, -0.25) is 9.59 Å². The van der Waals surface area contributed by atoms with Crippen molar-refractivity contribution in [2.24, 2.45) is 5.73 Å². The summed E-state index contributed by atoms with van der Waals surface area (Å²) in [5.41, 5.74) is 14.7. The van der Waals surface area contributed by atoms with E-state index in [2.05, 4.69) is 24.1 Å². The molecular weight excluding hydrogens is 392 g/mol. The number of hydrogen-bond donors (Lipinski definition) is 3. The van der Waals surface area contributed by atoms with Crippen LogP contribution in [0.3, 0.4) is 0 Å². The quantitative estimate of drug-likeness (QED) is 0.591. The van der Waals surface area contributed by atoms with E-state index in [0.717, 1.165) is 52.0 Å². The second-order valence-electron chi connectivity index (χ2n) is 7.32. The molecule has 8 heteroatoms. The van der Waals surface area contributed by atoms with Crippen LogP contribution >= 0.6 is 22.7 Å². The standard InChI is InChI=1S/C20H22N4O2S2/c1-9(2)12-8-7-11-15(21)16(28-19(11)23-12)18(26)24-20-14(17(22)25)10-5-3-4-6-13(10)27-20/h7-9H,3-6,21H2,1-2H3,(H2,22,25)(H,24,26). The van der Waals surface area contributed by atoms with Gasteiger partial charge in [0.15, 0.2) is 0 Å². The minimum Gasteiger partial charge on any atom is -0.397 e. The number of nitrogens with one attached hydrogen (secondary N) is 1. The van der Waals surface area contributed by atoms with Gasteiger partial charge in [-0.1, -0.05) is 13.8 Å². The highest BCUT2D eigenvalue weighted by molar-refractivity contribution is 7.21. The molecule has 0 aliphatic heterocycles. The van der Waals surface area contributed by atoms with Gasteiger partial charge in [0, 0.05) is 16.0 Å². The fraction of sp³-hybridized carbons (Fsp3) is 0.350. The Morgan fingerprint density at radius 1 is 1.18 bits per heavy atom. The summed E-state index contributed by atoms with van der Waals surface area (Å²) in [4.78, 5) is 31.9. The van der Waals surface area contributed by atoms with Crippen LogP contribution in [-0.4, -0.2) is 16.8 Å². The van der Waals surface area contributed by atoms with Crippen LogP contribution in [0.15, 0.2) is 12.1 Å². The first-order chi connectivity index (χ1) is 13.4. The smallest absolute Gasteiger partial charge is 0.268 e. The number of anilines is 2. The number of nitrogen functional groups attached to an aromatic ring is 1. The highest BCUT2D eigenvalue weighted by Crippen LogP contribution is 2.39. The van der Waals surface area contributed by atoms with Crippen LogP contribution in [-0.2, 0) is 12.8 Å². The summed E-state index contributed by atoms with van der Waals surface area (Å²) in [6.07, 6.45) is 3.87. The maximum absolute atomic E-state index is 13.0. The molecule has 2 amide bonds. The molecule has 6 nitrogen and oxygen atoms in total. The number of carbonyl (C=O) groups excluding carboxylic acids is 2. The summed E-state index contributed by atoms with van der Waals surface area (Å²) >= 11 is 2.72. The van der Waals surface area contributed by atoms with Crippen molar-refractivity contribution in [2.45, 2.75) is 45.4 Å². The van der Waals surface area contributed by atoms with E-state index in [1.807, 2.05) is 12.1 Å². The van der Waals surface area contributed by atoms with E-state index in [1.54, 1.807) is 0 Å². The van der Waals surface area contributed by atoms with Crippen molar-refractivity contribution in [1.29, 1.82) is 0 Å². The SMILES string of the molecule is CC(C)c1ccc2c(N)c(C(=O)Nc3sc4c(c3C(N)=O)CCCC4)sc2n1. The number of amides is 2. The molecule has 3 aromatic rings. The monoisotopic (exact) mass is 414 g/mol. The van der Waals surface area contributed by atoms with Crippen LogP contribution in [0.4, 0.5) is 10.7 Å². The number of carbonyl (C=O) groups is 2. The maximum Gasteiger partial charge on any atom is 0.268 e. The lowest BCUT2D eigenvalue weighted by Gasteiger charge is -2.11. The van der Waals surface area contributed by atoms with Gasteiger partial charge in [-0.2, -0.15) is 0 Å². The molecule has 3 heterocycles. The lowest BCUT2D eigenvalue weighted by atomic mass is 9.95. The van der Waals surface area contributed by atoms with E-state index in [0.29, 0.717) is 27.0 Å². The Hall–Kier alpha value is -2.45. The number of nitrogens with zero attached hydrogens (tertiary/aromatic N) is 1. The number of aryl methyl sites for hydroxylation is 1. The number of hydrogen-bond acceptors (Lipinski definition) is 6. The van der Waals surface area contributed by atoms with Gasteiger partial charge in [-0.05, 0) is 49.3 Å². The molecule has 0 unspecified atom stereocenters. The van der Waals surface area contributed by atoms with Crippen LogP contribution in [0.5, 0.6) is 0 Å². The van der Waals surface area contributed by atoms with Gasteiger partial charge < -0.3 is 16.8 Å². The zero-order valence-corrected chi connectivity index (χ0v) is 17.4. The second kappa shape index (κ2) is 7.18. The largest absolute Gasteiger partial charge is 0.397 e. The molecule has 0 saturated heterocycles. The summed E-state index contributed by atoms with van der Waals surface area (Å²) < 4.78 is 0. The third-order valence-electron chi connectivity index (χ3n) is 5.06. The lowest BCUT2D eigenvalue weighted by Crippen LogP contribution is -2.18. The van der Waals surface area contributed by atoms with E-state index < -0.39 is 5.91 Å². The number of thiophene rings is 2. The van der Waals surface area contributed by atoms with Gasteiger partial charge in [0.25, 0.3) is 11.8 Å². The molecule has 0 atom stereocenters. The van der Waals surface area contributed by atoms with Gasteiger partial charge in [-0.15, -0.1) is 22.7 Å². The first kappa shape index (κ1) is 18.9. The van der Waals surface area contributed by atoms with Crippen molar-refractivity contribution in [1.82, 2.24) is 4.98 Å². The molecule has 3 aromatic heterocycles. The Balaban J connectivity index is 1.70. The summed E-state index contributed by atoms with van der Waals surface area (Å²) in [6, 6.07) is 3.86. The van der Waals surface area contributed by atoms with Gasteiger partial charge in [0.1, 0.15) is 14.7 Å². The van der Waals surface area contributed by atoms with Crippen LogP contribution in [0.2, 0.25) is 0 Å². The minimum atomic E-state index is -0.498. The molecule has 0 radical (unpaired) electrons. The zero-order chi connectivity index (χ0) is 20.0. The molecule has 0 saturated carbocycles. The second-order valence-corrected chi connectivity index (χ2v) is 9.43. The molecule has 1 aliphatic rings. The number of aromatic nitrogens is 1. The highest BCUT2D eigenvalue weighted by Gasteiger charge is 2.26. The van der Waals surface area contributed by atoms with E-state index >= 15 is 0 Å². The summed E-state index contributed by atoms with van der Waals surface area (Å²) in [6.45, 7) is 4.14. The first-order valence-electron chi connectivity index (χ1n) is 9.31. The molecule has 4 rings (SSSR count). The molecule has 5 N–H and O–H groups in total. The number of primary amides is 1. The van der Waals surface area contributed by atoms with E-state index in [1.165, 1.54) is 22.7 Å².